The first-order valence-electron chi connectivity index (χ1n) is 4.02. The number of halogens is 1. The Balaban J connectivity index is 3.32. The van der Waals surface area contributed by atoms with Gasteiger partial charge in [-0.15, -0.1) is 0 Å². The van der Waals surface area contributed by atoms with Crippen LogP contribution in [-0.4, -0.2) is 18.5 Å². The number of rotatable bonds is 2. The van der Waals surface area contributed by atoms with Crippen molar-refractivity contribution < 1.29 is 9.53 Å². The fourth-order valence-electron chi connectivity index (χ4n) is 1.26. The zero-order valence-electron chi connectivity index (χ0n) is 8.26. The van der Waals surface area contributed by atoms with E-state index in [1.165, 1.54) is 11.8 Å². The van der Waals surface area contributed by atoms with Crippen molar-refractivity contribution in [2.45, 2.75) is 6.92 Å². The van der Waals surface area contributed by atoms with E-state index in [-0.39, 0.29) is 5.12 Å². The monoisotopic (exact) mass is 322 g/mol. The first-order valence-corrected chi connectivity index (χ1v) is 6.33. The molecule has 1 rings (SSSR count). The third-order valence-electron chi connectivity index (χ3n) is 1.85. The molecule has 0 amide bonds. The minimum absolute atomic E-state index is 0.0449. The molecule has 0 radical (unpaired) electrons. The molecule has 0 aromatic heterocycles. The molecule has 0 saturated heterocycles. The third kappa shape index (κ3) is 2.42. The van der Waals surface area contributed by atoms with Crippen molar-refractivity contribution in [3.63, 3.8) is 0 Å². The zero-order chi connectivity index (χ0) is 10.7. The number of carbonyl (C=O) groups excluding carboxylic acids is 1. The average molecular weight is 322 g/mol. The number of aryl methyl sites for hydroxylation is 1. The highest BCUT2D eigenvalue weighted by Crippen LogP contribution is 2.28. The molecule has 2 nitrogen and oxygen atoms in total. The summed E-state index contributed by atoms with van der Waals surface area (Å²) in [6.07, 6.45) is 1.77. The lowest BCUT2D eigenvalue weighted by Gasteiger charge is -2.10. The van der Waals surface area contributed by atoms with Gasteiger partial charge in [0.1, 0.15) is 5.75 Å². The number of thioether (sulfide) groups is 1. The number of benzene rings is 1. The SMILES string of the molecule is COc1c(C)cc(I)cc1C(=O)SC. The van der Waals surface area contributed by atoms with Crippen LogP contribution in [0.15, 0.2) is 12.1 Å². The van der Waals surface area contributed by atoms with Gasteiger partial charge in [0.15, 0.2) is 0 Å². The van der Waals surface area contributed by atoms with Crippen LogP contribution in [0.5, 0.6) is 5.75 Å². The van der Waals surface area contributed by atoms with Gasteiger partial charge in [0, 0.05) is 3.57 Å². The van der Waals surface area contributed by atoms with Gasteiger partial charge in [-0.05, 0) is 53.5 Å². The highest BCUT2D eigenvalue weighted by atomic mass is 127. The fourth-order valence-corrected chi connectivity index (χ4v) is 2.41. The molecule has 0 heterocycles. The van der Waals surface area contributed by atoms with Crippen molar-refractivity contribution >= 4 is 39.5 Å². The Kier molecular flexibility index (Phi) is 4.25. The molecule has 0 aliphatic rings. The van der Waals surface area contributed by atoms with E-state index in [0.717, 1.165) is 9.13 Å². The van der Waals surface area contributed by atoms with Gasteiger partial charge in [-0.2, -0.15) is 0 Å². The molecule has 0 bridgehead atoms. The molecule has 0 N–H and O–H groups in total. The van der Waals surface area contributed by atoms with Gasteiger partial charge >= 0.3 is 0 Å². The Morgan fingerprint density at radius 2 is 2.14 bits per heavy atom. The van der Waals surface area contributed by atoms with Crippen LogP contribution < -0.4 is 4.74 Å². The minimum atomic E-state index is 0.0449. The van der Waals surface area contributed by atoms with E-state index in [1.807, 2.05) is 19.1 Å². The van der Waals surface area contributed by atoms with Crippen LogP contribution in [0.25, 0.3) is 0 Å². The van der Waals surface area contributed by atoms with E-state index >= 15 is 0 Å². The Morgan fingerprint density at radius 1 is 1.50 bits per heavy atom. The van der Waals surface area contributed by atoms with Crippen LogP contribution in [0.3, 0.4) is 0 Å². The second kappa shape index (κ2) is 5.02. The van der Waals surface area contributed by atoms with Crippen molar-refractivity contribution in [3.05, 3.63) is 26.8 Å². The normalized spacial score (nSPS) is 10.0. The van der Waals surface area contributed by atoms with E-state index in [9.17, 15) is 4.79 Å². The second-order valence-electron chi connectivity index (χ2n) is 2.80. The summed E-state index contributed by atoms with van der Waals surface area (Å²) in [5.41, 5.74) is 1.65. The maximum Gasteiger partial charge on any atom is 0.222 e. The van der Waals surface area contributed by atoms with Crippen molar-refractivity contribution in [2.75, 3.05) is 13.4 Å². The molecule has 1 aromatic rings. The second-order valence-corrected chi connectivity index (χ2v) is 4.82. The average Bonchev–Trinajstić information content (AvgIpc) is 2.15. The maximum absolute atomic E-state index is 11.6. The van der Waals surface area contributed by atoms with Crippen molar-refractivity contribution in [2.24, 2.45) is 0 Å². The molecule has 1 aromatic carbocycles. The smallest absolute Gasteiger partial charge is 0.222 e. The lowest BCUT2D eigenvalue weighted by atomic mass is 10.1. The number of ether oxygens (including phenoxy) is 1. The number of hydrogen-bond donors (Lipinski definition) is 0. The van der Waals surface area contributed by atoms with Crippen molar-refractivity contribution in [1.82, 2.24) is 0 Å². The van der Waals surface area contributed by atoms with Gasteiger partial charge in [0.05, 0.1) is 12.7 Å². The summed E-state index contributed by atoms with van der Waals surface area (Å²) in [4.78, 5) is 11.6. The van der Waals surface area contributed by atoms with Crippen LogP contribution >= 0.6 is 34.4 Å². The van der Waals surface area contributed by atoms with Crippen LogP contribution in [0.4, 0.5) is 0 Å². The molecular formula is C10H11IO2S. The number of carbonyl (C=O) groups is 1. The van der Waals surface area contributed by atoms with E-state index < -0.39 is 0 Å². The number of methoxy groups -OCH3 is 1. The summed E-state index contributed by atoms with van der Waals surface area (Å²) in [7, 11) is 1.59. The topological polar surface area (TPSA) is 26.3 Å². The Labute approximate surface area is 102 Å². The summed E-state index contributed by atoms with van der Waals surface area (Å²) < 4.78 is 6.27. The first kappa shape index (κ1) is 11.8. The van der Waals surface area contributed by atoms with Crippen LogP contribution in [-0.2, 0) is 0 Å². The minimum Gasteiger partial charge on any atom is -0.496 e. The maximum atomic E-state index is 11.6. The molecule has 0 aliphatic heterocycles. The lowest BCUT2D eigenvalue weighted by molar-refractivity contribution is 0.108. The van der Waals surface area contributed by atoms with Crippen LogP contribution in [0.1, 0.15) is 15.9 Å². The molecule has 0 unspecified atom stereocenters. The van der Waals surface area contributed by atoms with E-state index in [1.54, 1.807) is 13.4 Å². The summed E-state index contributed by atoms with van der Waals surface area (Å²) >= 11 is 3.40. The third-order valence-corrected chi connectivity index (χ3v) is 3.06. The highest BCUT2D eigenvalue weighted by Gasteiger charge is 2.14. The van der Waals surface area contributed by atoms with E-state index in [0.29, 0.717) is 11.3 Å². The molecule has 0 fully saturated rings. The molecular weight excluding hydrogens is 311 g/mol. The van der Waals surface area contributed by atoms with Crippen molar-refractivity contribution in [1.29, 1.82) is 0 Å². The first-order chi connectivity index (χ1) is 6.60. The molecule has 0 aliphatic carbocycles. The van der Waals surface area contributed by atoms with Gasteiger partial charge in [0.25, 0.3) is 0 Å². The molecule has 4 heteroatoms. The summed E-state index contributed by atoms with van der Waals surface area (Å²) in [5.74, 6) is 0.685. The van der Waals surface area contributed by atoms with E-state index in [4.69, 9.17) is 4.74 Å². The summed E-state index contributed by atoms with van der Waals surface area (Å²) in [5, 5.41) is 0.0449. The lowest BCUT2D eigenvalue weighted by Crippen LogP contribution is -2.00. The van der Waals surface area contributed by atoms with Gasteiger partial charge in [-0.1, -0.05) is 11.8 Å². The van der Waals surface area contributed by atoms with Gasteiger partial charge in [-0.3, -0.25) is 4.79 Å². The predicted octanol–water partition coefficient (Wildman–Crippen LogP) is 3.11. The molecule has 76 valence electrons. The molecule has 14 heavy (non-hydrogen) atoms. The zero-order valence-corrected chi connectivity index (χ0v) is 11.2. The van der Waals surface area contributed by atoms with Gasteiger partial charge in [0.2, 0.25) is 5.12 Å². The van der Waals surface area contributed by atoms with Crippen molar-refractivity contribution in [3.8, 4) is 5.75 Å². The van der Waals surface area contributed by atoms with Crippen LogP contribution in [0, 0.1) is 10.5 Å². The quantitative estimate of drug-likeness (QED) is 0.783. The van der Waals surface area contributed by atoms with Gasteiger partial charge < -0.3 is 4.74 Å². The Morgan fingerprint density at radius 3 is 2.64 bits per heavy atom. The van der Waals surface area contributed by atoms with Crippen LogP contribution in [0.2, 0.25) is 0 Å². The molecule has 0 atom stereocenters. The largest absolute Gasteiger partial charge is 0.496 e. The molecule has 0 saturated carbocycles. The Hall–Kier alpha value is -0.230. The summed E-state index contributed by atoms with van der Waals surface area (Å²) in [6, 6.07) is 3.85. The summed E-state index contributed by atoms with van der Waals surface area (Å²) in [6.45, 7) is 1.94. The van der Waals surface area contributed by atoms with Gasteiger partial charge in [-0.25, -0.2) is 0 Å². The van der Waals surface area contributed by atoms with E-state index in [2.05, 4.69) is 22.6 Å². The Bertz CT molecular complexity index is 363. The molecule has 0 spiro atoms. The highest BCUT2D eigenvalue weighted by molar-refractivity contribution is 14.1. The number of hydrogen-bond acceptors (Lipinski definition) is 3. The predicted molar refractivity (Wildman–Crippen MR) is 68.3 cm³/mol. The standard InChI is InChI=1S/C10H11IO2S/c1-6-4-7(11)5-8(9(6)13-2)10(12)14-3/h4-5H,1-3H3. The fraction of sp³-hybridized carbons (Fsp3) is 0.300.